The van der Waals surface area contributed by atoms with Gasteiger partial charge in [-0.05, 0) is 145 Å². The summed E-state index contributed by atoms with van der Waals surface area (Å²) in [5, 5.41) is 2.07. The number of ether oxygens (including phenoxy) is 3. The van der Waals surface area contributed by atoms with Gasteiger partial charge in [-0.1, -0.05) is 64.9 Å². The van der Waals surface area contributed by atoms with Gasteiger partial charge in [-0.3, -0.25) is 23.4 Å². The van der Waals surface area contributed by atoms with Crippen molar-refractivity contribution >= 4 is 72.3 Å². The number of carbonyl (C=O) groups is 4. The van der Waals surface area contributed by atoms with Crippen LogP contribution in [0.2, 0.25) is 0 Å². The van der Waals surface area contributed by atoms with Crippen LogP contribution in [0.1, 0.15) is 105 Å². The zero-order chi connectivity index (χ0) is 49.8. The van der Waals surface area contributed by atoms with E-state index in [1.54, 1.807) is 51.8 Å². The summed E-state index contributed by atoms with van der Waals surface area (Å²) in [6.07, 6.45) is 5.78. The van der Waals surface area contributed by atoms with Gasteiger partial charge in [-0.15, -0.1) is 0 Å². The summed E-state index contributed by atoms with van der Waals surface area (Å²) in [6.45, 7) is 3.93. The van der Waals surface area contributed by atoms with Gasteiger partial charge in [0, 0.05) is 65.0 Å². The van der Waals surface area contributed by atoms with Gasteiger partial charge in [0.25, 0.3) is 21.9 Å². The first-order valence-corrected chi connectivity index (χ1v) is 28.2. The van der Waals surface area contributed by atoms with Crippen molar-refractivity contribution in [2.75, 3.05) is 40.8 Å². The number of para-hydroxylation sites is 2. The first-order valence-electron chi connectivity index (χ1n) is 24.3. The number of nitrogens with zero attached hydrogens (tertiary/aromatic N) is 2. The van der Waals surface area contributed by atoms with Crippen molar-refractivity contribution in [3.63, 3.8) is 0 Å². The molecule has 0 aromatic heterocycles. The third-order valence-electron chi connectivity index (χ3n) is 13.9. The number of hydrogen-bond acceptors (Lipinski definition) is 12. The summed E-state index contributed by atoms with van der Waals surface area (Å²) in [6, 6.07) is 27.9. The molecule has 4 heterocycles. The topological polar surface area (TPSA) is 158 Å². The Labute approximate surface area is 423 Å². The van der Waals surface area contributed by atoms with E-state index in [4.69, 9.17) is 18.4 Å². The molecule has 0 aliphatic carbocycles. The second kappa shape index (κ2) is 21.9. The van der Waals surface area contributed by atoms with E-state index in [0.717, 1.165) is 65.8 Å². The molecule has 9 rings (SSSR count). The maximum atomic E-state index is 14.4. The third kappa shape index (κ3) is 10.9. The number of hydrogen-bond donors (Lipinski definition) is 1. The Bertz CT molecular complexity index is 2980. The highest BCUT2D eigenvalue weighted by Crippen LogP contribution is 2.43. The molecule has 3 amide bonds. The van der Waals surface area contributed by atoms with Crippen molar-refractivity contribution < 1.29 is 46.0 Å². The van der Waals surface area contributed by atoms with E-state index in [1.807, 2.05) is 85.5 Å². The maximum Gasteiger partial charge on any atom is 0.272 e. The number of amides is 3. The van der Waals surface area contributed by atoms with Crippen LogP contribution in [0.3, 0.4) is 0 Å². The molecule has 4 aliphatic heterocycles. The Balaban J connectivity index is 0.942. The summed E-state index contributed by atoms with van der Waals surface area (Å²) in [5.74, 6) is 2.92. The molecular formula is C55H59N3O10S3. The SMILES string of the molecule is CCC(=O)CCCSSCCCC(=O)Nc1cc(COc2cc3c(cc2C)C(=O)N2c4ccccc4C[C@H]2C(S(=O)(=O)OC)C3)cc(COc2cc3c(cc2OC)C(=O)N2c4ccccc4C[C@H]2CC3)c1. The van der Waals surface area contributed by atoms with E-state index in [9.17, 15) is 27.6 Å². The van der Waals surface area contributed by atoms with E-state index in [1.165, 1.54) is 5.56 Å². The number of fused-ring (bicyclic) bond motifs is 8. The van der Waals surface area contributed by atoms with Gasteiger partial charge in [0.2, 0.25) is 5.91 Å². The fourth-order valence-electron chi connectivity index (χ4n) is 10.3. The number of rotatable bonds is 20. The Kier molecular flexibility index (Phi) is 15.5. The Hall–Kier alpha value is -5.81. The molecule has 0 saturated heterocycles. The van der Waals surface area contributed by atoms with Crippen molar-refractivity contribution in [1.29, 1.82) is 0 Å². The van der Waals surface area contributed by atoms with E-state index in [0.29, 0.717) is 89.4 Å². The number of carbonyl (C=O) groups excluding carboxylic acids is 4. The first kappa shape index (κ1) is 50.1. The van der Waals surface area contributed by atoms with Crippen LogP contribution in [0, 0.1) is 6.92 Å². The van der Waals surface area contributed by atoms with E-state index in [-0.39, 0.29) is 49.2 Å². The average Bonchev–Trinajstić information content (AvgIpc) is 3.87. The molecular weight excluding hydrogens is 959 g/mol. The molecule has 3 atom stereocenters. The predicted molar refractivity (Wildman–Crippen MR) is 280 cm³/mol. The van der Waals surface area contributed by atoms with Gasteiger partial charge in [0.05, 0.1) is 20.3 Å². The van der Waals surface area contributed by atoms with Crippen LogP contribution in [0.4, 0.5) is 17.1 Å². The van der Waals surface area contributed by atoms with Gasteiger partial charge in [-0.2, -0.15) is 8.42 Å². The quantitative estimate of drug-likeness (QED) is 0.0448. The van der Waals surface area contributed by atoms with Gasteiger partial charge < -0.3 is 29.3 Å². The molecule has 1 N–H and O–H groups in total. The fourth-order valence-corrected chi connectivity index (χ4v) is 13.7. The summed E-state index contributed by atoms with van der Waals surface area (Å²) in [4.78, 5) is 57.1. The lowest BCUT2D eigenvalue weighted by Gasteiger charge is -2.28. The van der Waals surface area contributed by atoms with Crippen molar-refractivity contribution in [2.45, 2.75) is 109 Å². The zero-order valence-corrected chi connectivity index (χ0v) is 42.9. The van der Waals surface area contributed by atoms with Crippen LogP contribution in [0.25, 0.3) is 0 Å². The van der Waals surface area contributed by atoms with Crippen molar-refractivity contribution in [1.82, 2.24) is 0 Å². The molecule has 0 spiro atoms. The van der Waals surface area contributed by atoms with E-state index in [2.05, 4.69) is 11.4 Å². The number of aryl methyl sites for hydroxylation is 2. The number of benzene rings is 5. The molecule has 0 fully saturated rings. The van der Waals surface area contributed by atoms with Gasteiger partial charge >= 0.3 is 0 Å². The molecule has 1 unspecified atom stereocenters. The monoisotopic (exact) mass is 1020 g/mol. The lowest BCUT2D eigenvalue weighted by Crippen LogP contribution is -2.47. The molecule has 0 radical (unpaired) electrons. The first-order chi connectivity index (χ1) is 34.3. The van der Waals surface area contributed by atoms with Crippen LogP contribution in [-0.4, -0.2) is 75.0 Å². The van der Waals surface area contributed by atoms with Crippen LogP contribution >= 0.6 is 21.6 Å². The van der Waals surface area contributed by atoms with Gasteiger partial charge in [0.15, 0.2) is 11.5 Å². The highest BCUT2D eigenvalue weighted by Gasteiger charge is 2.47. The van der Waals surface area contributed by atoms with Gasteiger partial charge in [-0.25, -0.2) is 0 Å². The number of ketones is 1. The van der Waals surface area contributed by atoms with E-state index < -0.39 is 21.4 Å². The molecule has 5 aromatic carbocycles. The molecule has 0 saturated carbocycles. The fraction of sp³-hybridized carbons (Fsp3) is 0.382. The number of nitrogens with one attached hydrogen (secondary N) is 1. The molecule has 71 heavy (non-hydrogen) atoms. The normalized spacial score (nSPS) is 17.8. The highest BCUT2D eigenvalue weighted by atomic mass is 33.1. The minimum atomic E-state index is -4.07. The summed E-state index contributed by atoms with van der Waals surface area (Å²) in [5.41, 5.74) is 8.94. The summed E-state index contributed by atoms with van der Waals surface area (Å²) < 4.78 is 51.0. The van der Waals surface area contributed by atoms with Crippen LogP contribution < -0.4 is 29.3 Å². The summed E-state index contributed by atoms with van der Waals surface area (Å²) >= 11 is 0. The smallest absolute Gasteiger partial charge is 0.272 e. The second-order valence-corrected chi connectivity index (χ2v) is 23.1. The second-order valence-electron chi connectivity index (χ2n) is 18.5. The van der Waals surface area contributed by atoms with Gasteiger partial charge in [0.1, 0.15) is 30.0 Å². The zero-order valence-electron chi connectivity index (χ0n) is 40.5. The largest absolute Gasteiger partial charge is 0.493 e. The highest BCUT2D eigenvalue weighted by molar-refractivity contribution is 8.76. The Morgan fingerprint density at radius 3 is 2.01 bits per heavy atom. The van der Waals surface area contributed by atoms with Crippen LogP contribution in [0.15, 0.2) is 91.0 Å². The third-order valence-corrected chi connectivity index (χ3v) is 18.2. The minimum absolute atomic E-state index is 0.0508. The minimum Gasteiger partial charge on any atom is -0.493 e. The molecule has 372 valence electrons. The standard InChI is InChI=1S/C55H59N3O10S3/c1-5-43(59)14-10-20-69-70-21-11-17-53(60)56-41-24-35(23-36(25-41)33-68-51-28-37-18-19-42-26-38-12-6-8-15-46(38)57(42)54(61)45(37)31-50(51)65-3)32-67-49-29-40-30-52(71(63,64)66-4)48-27-39-13-7-9-16-47(39)58(48)55(62)44(40)22-34(49)2/h6-9,12-13,15-16,22-25,28-29,31,42,48,52H,5,10-11,14,17-21,26-27,30,32-33H2,1-4H3,(H,56,60)/t42-,48+,52?/m1/s1. The van der Waals surface area contributed by atoms with Crippen molar-refractivity contribution in [2.24, 2.45) is 0 Å². The lowest BCUT2D eigenvalue weighted by molar-refractivity contribution is -0.119. The molecule has 16 heteroatoms. The van der Waals surface area contributed by atoms with Crippen molar-refractivity contribution in [3.05, 3.63) is 141 Å². The average molecular weight is 1020 g/mol. The lowest BCUT2D eigenvalue weighted by atomic mass is 9.97. The summed E-state index contributed by atoms with van der Waals surface area (Å²) in [7, 11) is 2.08. The number of methoxy groups -OCH3 is 1. The molecule has 13 nitrogen and oxygen atoms in total. The Morgan fingerprint density at radius 1 is 0.704 bits per heavy atom. The van der Waals surface area contributed by atoms with Crippen LogP contribution in [0.5, 0.6) is 17.2 Å². The molecule has 4 aliphatic rings. The van der Waals surface area contributed by atoms with Crippen molar-refractivity contribution in [3.8, 4) is 17.2 Å². The van der Waals surface area contributed by atoms with Crippen LogP contribution in [-0.2, 0) is 62.8 Å². The van der Waals surface area contributed by atoms with E-state index >= 15 is 0 Å². The molecule has 0 bridgehead atoms. The maximum absolute atomic E-state index is 14.4. The Morgan fingerprint density at radius 2 is 1.32 bits per heavy atom. The number of Topliss-reactive ketones (excluding diaryl/α,β-unsaturated/α-hetero) is 1. The number of anilines is 3. The predicted octanol–water partition coefficient (Wildman–Crippen LogP) is 10.0. The molecule has 5 aromatic rings.